The molecule has 2 aromatic rings. The van der Waals surface area contributed by atoms with Gasteiger partial charge in [0.15, 0.2) is 0 Å². The van der Waals surface area contributed by atoms with Gasteiger partial charge in [-0.3, -0.25) is 14.5 Å². The highest BCUT2D eigenvalue weighted by atomic mass is 16.3. The van der Waals surface area contributed by atoms with E-state index >= 15 is 0 Å². The highest BCUT2D eigenvalue weighted by molar-refractivity contribution is 6.26. The molecule has 1 fully saturated rings. The molecule has 1 aliphatic carbocycles. The fourth-order valence-electron chi connectivity index (χ4n) is 4.02. The third kappa shape index (κ3) is 2.75. The lowest BCUT2D eigenvalue weighted by Crippen LogP contribution is -2.42. The number of aliphatic hydroxyl groups is 2. The molecule has 26 heavy (non-hydrogen) atoms. The number of hydrogen-bond donors (Lipinski definition) is 3. The number of hydrogen-bond acceptors (Lipinski definition) is 5. The number of carbonyl (C=O) groups excluding carboxylic acids is 2. The largest absolute Gasteiger partial charge is 0.395 e. The highest BCUT2D eigenvalue weighted by Gasteiger charge is 2.33. The lowest BCUT2D eigenvalue weighted by molar-refractivity contribution is 0.0580. The number of amides is 2. The van der Waals surface area contributed by atoms with E-state index in [1.54, 1.807) is 12.1 Å². The molecule has 0 spiro atoms. The number of β-amino-alcohol motifs (C(OH)–C–C–N with tert-alkyl or cyclic N) is 1. The Morgan fingerprint density at radius 3 is 2.38 bits per heavy atom. The monoisotopic (exact) mass is 354 g/mol. The summed E-state index contributed by atoms with van der Waals surface area (Å²) in [6.07, 6.45) is 3.15. The fourth-order valence-corrected chi connectivity index (χ4v) is 4.02. The summed E-state index contributed by atoms with van der Waals surface area (Å²) in [6, 6.07) is 9.39. The molecule has 4 rings (SSSR count). The Hall–Kier alpha value is -2.44. The molecule has 0 aromatic heterocycles. The quantitative estimate of drug-likeness (QED) is 0.732. The summed E-state index contributed by atoms with van der Waals surface area (Å²) in [5, 5.41) is 23.9. The van der Waals surface area contributed by atoms with E-state index in [1.165, 1.54) is 0 Å². The Bertz CT molecular complexity index is 849. The van der Waals surface area contributed by atoms with Crippen LogP contribution in [0.4, 0.5) is 5.69 Å². The van der Waals surface area contributed by atoms with Crippen molar-refractivity contribution in [3.8, 4) is 0 Å². The average molecular weight is 354 g/mol. The van der Waals surface area contributed by atoms with Crippen molar-refractivity contribution in [2.24, 2.45) is 0 Å². The Morgan fingerprint density at radius 1 is 1.00 bits per heavy atom. The topological polar surface area (TPSA) is 89.9 Å². The van der Waals surface area contributed by atoms with Gasteiger partial charge in [-0.05, 0) is 43.9 Å². The molecule has 1 aliphatic heterocycles. The van der Waals surface area contributed by atoms with Gasteiger partial charge >= 0.3 is 0 Å². The highest BCUT2D eigenvalue weighted by Crippen LogP contribution is 2.35. The summed E-state index contributed by atoms with van der Waals surface area (Å²) in [4.78, 5) is 26.5. The number of rotatable bonds is 4. The molecule has 0 atom stereocenters. The molecule has 6 heteroatoms. The summed E-state index contributed by atoms with van der Waals surface area (Å²) in [5.41, 5.74) is 1.89. The summed E-state index contributed by atoms with van der Waals surface area (Å²) in [6.45, 7) is -0.256. The van der Waals surface area contributed by atoms with Crippen molar-refractivity contribution in [2.45, 2.75) is 37.8 Å². The van der Waals surface area contributed by atoms with E-state index in [-0.39, 0.29) is 37.1 Å². The molecule has 2 amide bonds. The van der Waals surface area contributed by atoms with Crippen molar-refractivity contribution < 1.29 is 19.8 Å². The van der Waals surface area contributed by atoms with E-state index < -0.39 is 0 Å². The number of benzene rings is 2. The van der Waals surface area contributed by atoms with Gasteiger partial charge in [0, 0.05) is 33.6 Å². The normalized spacial score (nSPS) is 22.8. The molecule has 0 saturated heterocycles. The first-order chi connectivity index (χ1) is 12.6. The predicted molar refractivity (Wildman–Crippen MR) is 98.3 cm³/mol. The number of imide groups is 1. The van der Waals surface area contributed by atoms with Gasteiger partial charge in [0.25, 0.3) is 11.8 Å². The molecule has 1 saturated carbocycles. The Balaban J connectivity index is 1.75. The number of aliphatic hydroxyl groups excluding tert-OH is 2. The lowest BCUT2D eigenvalue weighted by atomic mass is 9.91. The van der Waals surface area contributed by atoms with Crippen LogP contribution in [0.25, 0.3) is 10.8 Å². The van der Waals surface area contributed by atoms with E-state index in [0.717, 1.165) is 41.7 Å². The van der Waals surface area contributed by atoms with Crippen molar-refractivity contribution in [3.05, 3.63) is 41.5 Å². The zero-order valence-corrected chi connectivity index (χ0v) is 14.4. The zero-order chi connectivity index (χ0) is 18.3. The fraction of sp³-hybridized carbons (Fsp3) is 0.400. The van der Waals surface area contributed by atoms with E-state index in [4.69, 9.17) is 5.11 Å². The molecular weight excluding hydrogens is 332 g/mol. The van der Waals surface area contributed by atoms with E-state index in [2.05, 4.69) is 5.32 Å². The van der Waals surface area contributed by atoms with Gasteiger partial charge in [0.2, 0.25) is 0 Å². The molecule has 0 radical (unpaired) electrons. The molecular formula is C20H22N2O4. The van der Waals surface area contributed by atoms with Gasteiger partial charge in [0.05, 0.1) is 19.3 Å². The average Bonchev–Trinajstić information content (AvgIpc) is 2.66. The van der Waals surface area contributed by atoms with E-state index in [9.17, 15) is 14.7 Å². The first-order valence-electron chi connectivity index (χ1n) is 9.07. The van der Waals surface area contributed by atoms with E-state index in [1.807, 2.05) is 18.2 Å². The van der Waals surface area contributed by atoms with Crippen LogP contribution in [0.2, 0.25) is 0 Å². The molecule has 0 unspecified atom stereocenters. The van der Waals surface area contributed by atoms with Crippen molar-refractivity contribution >= 4 is 28.3 Å². The van der Waals surface area contributed by atoms with Gasteiger partial charge in [0.1, 0.15) is 0 Å². The van der Waals surface area contributed by atoms with Crippen molar-refractivity contribution in [1.29, 1.82) is 0 Å². The van der Waals surface area contributed by atoms with Gasteiger partial charge in [-0.15, -0.1) is 0 Å². The van der Waals surface area contributed by atoms with Crippen molar-refractivity contribution in [3.63, 3.8) is 0 Å². The molecule has 0 bridgehead atoms. The Labute approximate surface area is 151 Å². The van der Waals surface area contributed by atoms with Crippen LogP contribution in [0.1, 0.15) is 46.4 Å². The van der Waals surface area contributed by atoms with Crippen LogP contribution < -0.4 is 5.32 Å². The smallest absolute Gasteiger partial charge is 0.261 e. The third-order valence-electron chi connectivity index (χ3n) is 5.37. The van der Waals surface area contributed by atoms with Crippen LogP contribution in [0.5, 0.6) is 0 Å². The molecule has 2 aromatic carbocycles. The Kier molecular flexibility index (Phi) is 4.38. The molecule has 136 valence electrons. The predicted octanol–water partition coefficient (Wildman–Crippen LogP) is 2.14. The second kappa shape index (κ2) is 6.70. The first kappa shape index (κ1) is 17.0. The molecule has 2 aliphatic rings. The third-order valence-corrected chi connectivity index (χ3v) is 5.37. The summed E-state index contributed by atoms with van der Waals surface area (Å²) < 4.78 is 0. The van der Waals surface area contributed by atoms with Gasteiger partial charge in [-0.2, -0.15) is 0 Å². The number of anilines is 1. The summed E-state index contributed by atoms with van der Waals surface area (Å²) >= 11 is 0. The lowest BCUT2D eigenvalue weighted by Gasteiger charge is -2.30. The van der Waals surface area contributed by atoms with Crippen LogP contribution in [0, 0.1) is 0 Å². The number of carbonyl (C=O) groups is 2. The molecule has 6 nitrogen and oxygen atoms in total. The summed E-state index contributed by atoms with van der Waals surface area (Å²) in [5.74, 6) is -0.722. The van der Waals surface area contributed by atoms with Crippen molar-refractivity contribution in [2.75, 3.05) is 18.5 Å². The van der Waals surface area contributed by atoms with Crippen molar-refractivity contribution in [1.82, 2.24) is 4.90 Å². The van der Waals surface area contributed by atoms with Gasteiger partial charge < -0.3 is 15.5 Å². The zero-order valence-electron chi connectivity index (χ0n) is 14.4. The van der Waals surface area contributed by atoms with Crippen LogP contribution in [0.3, 0.4) is 0 Å². The van der Waals surface area contributed by atoms with Crippen LogP contribution in [-0.2, 0) is 0 Å². The minimum absolute atomic E-state index is 0.00209. The first-order valence-corrected chi connectivity index (χ1v) is 9.07. The second-order valence-electron chi connectivity index (χ2n) is 7.02. The standard InChI is InChI=1S/C20H22N2O4/c23-11-10-22-19(25)15-3-1-2-14-17(9-8-16(18(14)15)20(22)26)21-12-4-6-13(24)7-5-12/h1-3,8-9,12-13,21,23-24H,4-7,10-11H2. The second-order valence-corrected chi connectivity index (χ2v) is 7.02. The minimum Gasteiger partial charge on any atom is -0.395 e. The minimum atomic E-state index is -0.361. The number of nitrogens with one attached hydrogen (secondary N) is 1. The van der Waals surface area contributed by atoms with Crippen LogP contribution in [-0.4, -0.2) is 52.2 Å². The van der Waals surface area contributed by atoms with Crippen LogP contribution >= 0.6 is 0 Å². The number of nitrogens with zero attached hydrogens (tertiary/aromatic N) is 1. The maximum absolute atomic E-state index is 12.7. The van der Waals surface area contributed by atoms with Gasteiger partial charge in [-0.1, -0.05) is 12.1 Å². The Morgan fingerprint density at radius 2 is 1.69 bits per heavy atom. The molecule has 3 N–H and O–H groups in total. The van der Waals surface area contributed by atoms with Crippen LogP contribution in [0.15, 0.2) is 30.3 Å². The summed E-state index contributed by atoms with van der Waals surface area (Å²) in [7, 11) is 0. The van der Waals surface area contributed by atoms with Gasteiger partial charge in [-0.25, -0.2) is 0 Å². The molecule has 1 heterocycles. The maximum Gasteiger partial charge on any atom is 0.261 e. The maximum atomic E-state index is 12.7. The van der Waals surface area contributed by atoms with E-state index in [0.29, 0.717) is 16.5 Å². The SMILES string of the molecule is O=C1c2cccc3c(NC4CCC(O)CC4)ccc(c23)C(=O)N1CCO.